The molecule has 1 aliphatic heterocycles. The van der Waals surface area contributed by atoms with Gasteiger partial charge in [-0.15, -0.1) is 5.10 Å². The number of unbranched alkanes of at least 4 members (excludes halogenated alkanes) is 5. The molecule has 0 amide bonds. The monoisotopic (exact) mass is 369 g/mol. The molecule has 25 heavy (non-hydrogen) atoms. The zero-order valence-corrected chi connectivity index (χ0v) is 17.4. The molecule has 0 aromatic carbocycles. The van der Waals surface area contributed by atoms with Crippen LogP contribution in [0.15, 0.2) is 0 Å². The number of likely N-dealkylation sites (N-methyl/N-ethyl adjacent to an activating group) is 1. The number of nitrogens with zero attached hydrogens (tertiary/aromatic N) is 4. The van der Waals surface area contributed by atoms with E-state index in [0.717, 1.165) is 24.5 Å². The van der Waals surface area contributed by atoms with Gasteiger partial charge in [-0.05, 0) is 24.8 Å². The largest absolute Gasteiger partial charge is 0.623 e. The van der Waals surface area contributed by atoms with Gasteiger partial charge < -0.3 is 5.21 Å². The molecule has 0 spiro atoms. The lowest BCUT2D eigenvalue weighted by Gasteiger charge is -2.39. The van der Waals surface area contributed by atoms with Crippen molar-refractivity contribution in [3.8, 4) is 0 Å². The van der Waals surface area contributed by atoms with Crippen LogP contribution in [-0.4, -0.2) is 48.1 Å². The predicted octanol–water partition coefficient (Wildman–Crippen LogP) is 3.82. The number of hydroxylamine groups is 2. The van der Waals surface area contributed by atoms with E-state index in [0.29, 0.717) is 11.8 Å². The maximum absolute atomic E-state index is 13.5. The van der Waals surface area contributed by atoms with E-state index in [1.165, 1.54) is 43.4 Å². The van der Waals surface area contributed by atoms with Gasteiger partial charge in [0.15, 0.2) is 6.17 Å². The van der Waals surface area contributed by atoms with Crippen LogP contribution in [0, 0.1) is 5.21 Å². The number of nitrogens with one attached hydrogen (secondary N) is 1. The first kappa shape index (κ1) is 20.7. The molecule has 0 radical (unpaired) electrons. The maximum atomic E-state index is 13.5. The van der Waals surface area contributed by atoms with Crippen molar-refractivity contribution in [2.75, 3.05) is 26.8 Å². The molecule has 2 rings (SSSR count). The maximum Gasteiger partial charge on any atom is 0.309 e. The van der Waals surface area contributed by atoms with E-state index < -0.39 is 4.65 Å². The SMILES string of the molecule is CCCCCCCCNC1CN(C)C[N+]1([O-])c1nnc(C(C)(C)C)s1. The van der Waals surface area contributed by atoms with Gasteiger partial charge in [-0.1, -0.05) is 64.9 Å². The van der Waals surface area contributed by atoms with Crippen LogP contribution >= 0.6 is 11.3 Å². The molecule has 6 nitrogen and oxygen atoms in total. The van der Waals surface area contributed by atoms with Gasteiger partial charge in [0.05, 0.1) is 6.54 Å². The Kier molecular flexibility index (Phi) is 7.34. The molecule has 1 aromatic rings. The summed E-state index contributed by atoms with van der Waals surface area (Å²) in [6, 6.07) is 0. The van der Waals surface area contributed by atoms with Crippen molar-refractivity contribution in [3.63, 3.8) is 0 Å². The summed E-state index contributed by atoms with van der Waals surface area (Å²) in [6.07, 6.45) is 7.44. The second-order valence-corrected chi connectivity index (χ2v) is 9.31. The molecule has 144 valence electrons. The third-order valence-corrected chi connectivity index (χ3v) is 6.19. The fourth-order valence-electron chi connectivity index (χ4n) is 3.19. The first-order valence-corrected chi connectivity index (χ1v) is 10.4. The molecule has 1 aromatic heterocycles. The topological polar surface area (TPSA) is 64.1 Å². The Balaban J connectivity index is 1.92. The Bertz CT molecular complexity index is 530. The van der Waals surface area contributed by atoms with Gasteiger partial charge in [0.25, 0.3) is 0 Å². The van der Waals surface area contributed by atoms with E-state index in [2.05, 4.69) is 48.1 Å². The van der Waals surface area contributed by atoms with Crippen molar-refractivity contribution >= 4 is 16.5 Å². The summed E-state index contributed by atoms with van der Waals surface area (Å²) in [6.45, 7) is 10.7. The summed E-state index contributed by atoms with van der Waals surface area (Å²) in [5, 5.41) is 27.1. The second-order valence-electron chi connectivity index (χ2n) is 8.35. The Morgan fingerprint density at radius 3 is 2.52 bits per heavy atom. The molecule has 1 aliphatic rings. The predicted molar refractivity (Wildman–Crippen MR) is 106 cm³/mol. The number of rotatable bonds is 9. The summed E-state index contributed by atoms with van der Waals surface area (Å²) < 4.78 is -0.417. The average molecular weight is 370 g/mol. The molecule has 2 unspecified atom stereocenters. The smallest absolute Gasteiger partial charge is 0.309 e. The van der Waals surface area contributed by atoms with Crippen LogP contribution in [0.4, 0.5) is 5.13 Å². The van der Waals surface area contributed by atoms with Crippen molar-refractivity contribution in [1.29, 1.82) is 0 Å². The van der Waals surface area contributed by atoms with Gasteiger partial charge in [-0.3, -0.25) is 14.9 Å². The number of aromatic nitrogens is 2. The summed E-state index contributed by atoms with van der Waals surface area (Å²) in [5.74, 6) is 0. The molecular weight excluding hydrogens is 334 g/mol. The van der Waals surface area contributed by atoms with Gasteiger partial charge >= 0.3 is 5.13 Å². The van der Waals surface area contributed by atoms with Crippen molar-refractivity contribution in [2.45, 2.75) is 77.8 Å². The molecule has 0 bridgehead atoms. The molecule has 0 saturated carbocycles. The normalized spacial score (nSPS) is 25.0. The van der Waals surface area contributed by atoms with E-state index in [9.17, 15) is 5.21 Å². The van der Waals surface area contributed by atoms with Crippen molar-refractivity contribution in [2.24, 2.45) is 0 Å². The Morgan fingerprint density at radius 1 is 1.20 bits per heavy atom. The Morgan fingerprint density at radius 2 is 1.88 bits per heavy atom. The highest BCUT2D eigenvalue weighted by atomic mass is 32.1. The fraction of sp³-hybridized carbons (Fsp3) is 0.889. The van der Waals surface area contributed by atoms with Crippen LogP contribution < -0.4 is 9.96 Å². The lowest BCUT2D eigenvalue weighted by atomic mass is 9.98. The number of hydrogen-bond donors (Lipinski definition) is 1. The molecular formula is C18H35N5OS. The number of quaternary nitrogens is 1. The fourth-order valence-corrected chi connectivity index (χ4v) is 4.18. The lowest BCUT2D eigenvalue weighted by Crippen LogP contribution is -2.56. The van der Waals surface area contributed by atoms with Crippen LogP contribution in [0.5, 0.6) is 0 Å². The quantitative estimate of drug-likeness (QED) is 0.407. The van der Waals surface area contributed by atoms with Gasteiger partial charge in [-0.2, -0.15) is 0 Å². The minimum Gasteiger partial charge on any atom is -0.623 e. The van der Waals surface area contributed by atoms with E-state index in [4.69, 9.17) is 0 Å². The molecule has 2 heterocycles. The third kappa shape index (κ3) is 5.44. The van der Waals surface area contributed by atoms with Crippen molar-refractivity contribution in [3.05, 3.63) is 10.2 Å². The van der Waals surface area contributed by atoms with E-state index >= 15 is 0 Å². The van der Waals surface area contributed by atoms with E-state index in [-0.39, 0.29) is 11.6 Å². The highest BCUT2D eigenvalue weighted by Crippen LogP contribution is 2.36. The highest BCUT2D eigenvalue weighted by Gasteiger charge is 2.42. The minimum absolute atomic E-state index is 0.0673. The first-order chi connectivity index (χ1) is 11.8. The summed E-state index contributed by atoms with van der Waals surface area (Å²) in [4.78, 5) is 2.09. The zero-order chi connectivity index (χ0) is 18.5. The van der Waals surface area contributed by atoms with Gasteiger partial charge in [0.2, 0.25) is 0 Å². The van der Waals surface area contributed by atoms with Crippen LogP contribution in [-0.2, 0) is 5.41 Å². The highest BCUT2D eigenvalue weighted by molar-refractivity contribution is 7.15. The Labute approximate surface area is 156 Å². The third-order valence-electron chi connectivity index (χ3n) is 4.73. The zero-order valence-electron chi connectivity index (χ0n) is 16.5. The van der Waals surface area contributed by atoms with Gasteiger partial charge in [0.1, 0.15) is 11.7 Å². The van der Waals surface area contributed by atoms with E-state index in [1.54, 1.807) is 0 Å². The van der Waals surface area contributed by atoms with Gasteiger partial charge in [0, 0.05) is 12.0 Å². The number of hydrogen-bond acceptors (Lipinski definition) is 6. The summed E-state index contributed by atoms with van der Waals surface area (Å²) >= 11 is 1.47. The summed E-state index contributed by atoms with van der Waals surface area (Å²) in [7, 11) is 2.00. The van der Waals surface area contributed by atoms with Crippen LogP contribution in [0.2, 0.25) is 0 Å². The molecule has 2 atom stereocenters. The van der Waals surface area contributed by atoms with Crippen molar-refractivity contribution in [1.82, 2.24) is 25.1 Å². The molecule has 0 aliphatic carbocycles. The minimum atomic E-state index is -0.417. The lowest BCUT2D eigenvalue weighted by molar-refractivity contribution is 0.286. The van der Waals surface area contributed by atoms with Crippen LogP contribution in [0.1, 0.15) is 71.2 Å². The molecule has 1 fully saturated rings. The second kappa shape index (κ2) is 8.86. The van der Waals surface area contributed by atoms with Gasteiger partial charge in [-0.25, -0.2) is 0 Å². The van der Waals surface area contributed by atoms with Crippen LogP contribution in [0.25, 0.3) is 0 Å². The standard InChI is InChI=1S/C18H35N5OS/c1-6-7-8-9-10-11-12-19-15-13-22(5)14-23(15,24)17-21-20-16(25-17)18(2,3)4/h15,19H,6-14H2,1-5H3. The van der Waals surface area contributed by atoms with Crippen molar-refractivity contribution < 1.29 is 0 Å². The first-order valence-electron chi connectivity index (χ1n) is 9.62. The van der Waals surface area contributed by atoms with Crippen LogP contribution in [0.3, 0.4) is 0 Å². The molecule has 7 heteroatoms. The van der Waals surface area contributed by atoms with E-state index in [1.807, 2.05) is 7.05 Å². The molecule has 1 saturated heterocycles. The summed E-state index contributed by atoms with van der Waals surface area (Å²) in [5.41, 5.74) is -0.0673. The molecule has 1 N–H and O–H groups in total. The Hall–Kier alpha value is -0.600. The average Bonchev–Trinajstić information content (AvgIpc) is 3.12.